The number of hydrogen-bond acceptors (Lipinski definition) is 10. The highest BCUT2D eigenvalue weighted by Crippen LogP contribution is 2.33. The van der Waals surface area contributed by atoms with Crippen LogP contribution in [0.3, 0.4) is 0 Å². The molecule has 4 aromatic rings. The third-order valence-corrected chi connectivity index (χ3v) is 9.02. The Morgan fingerprint density at radius 3 is 0.982 bits per heavy atom. The van der Waals surface area contributed by atoms with E-state index in [0.717, 1.165) is 23.0 Å². The molecule has 0 aliphatic heterocycles. The molecule has 0 aromatic heterocycles. The molecule has 0 fully saturated rings. The molecule has 0 radical (unpaired) electrons. The molecular formula is C45H62N2O8. The van der Waals surface area contributed by atoms with Crippen molar-refractivity contribution in [2.75, 3.05) is 51.1 Å². The highest BCUT2D eigenvalue weighted by molar-refractivity contribution is 5.43. The first-order valence-corrected chi connectivity index (χ1v) is 19.2. The SMILES string of the molecule is CC(COc1ccc(C(C)(C)c2ccc(OCC(C)OCC(C)OCC(C)Oc3ccc(N)cc3)cc2)cc1)OCC(C)OCC(C)Oc1ccc(N)cc1. The van der Waals surface area contributed by atoms with Crippen LogP contribution < -0.4 is 30.4 Å². The maximum absolute atomic E-state index is 6.05. The molecule has 0 bridgehead atoms. The molecule has 0 saturated carbocycles. The minimum Gasteiger partial charge on any atom is -0.491 e. The van der Waals surface area contributed by atoms with E-state index in [0.29, 0.717) is 51.0 Å². The van der Waals surface area contributed by atoms with Gasteiger partial charge in [-0.05, 0) is 125 Å². The molecule has 4 aromatic carbocycles. The Morgan fingerprint density at radius 1 is 0.382 bits per heavy atom. The molecule has 6 unspecified atom stereocenters. The molecule has 10 heteroatoms. The maximum Gasteiger partial charge on any atom is 0.119 e. The standard InChI is InChI=1S/C45H62N2O8/c1-31(50-29-35(5)54-43-21-13-39(46)14-22-43)25-48-33(3)27-52-41-17-9-37(10-18-41)45(7,8)38-11-19-42(20-12-38)53-28-34(4)49-26-32(2)51-30-36(6)55-44-23-15-40(47)16-24-44/h9-24,31-36H,25-30,46-47H2,1-8H3. The lowest BCUT2D eigenvalue weighted by Crippen LogP contribution is -2.28. The Morgan fingerprint density at radius 2 is 0.655 bits per heavy atom. The molecule has 300 valence electrons. The summed E-state index contributed by atoms with van der Waals surface area (Å²) in [6.45, 7) is 19.1. The van der Waals surface area contributed by atoms with Crippen LogP contribution in [0.25, 0.3) is 0 Å². The van der Waals surface area contributed by atoms with Gasteiger partial charge >= 0.3 is 0 Å². The Labute approximate surface area is 328 Å². The Bertz CT molecular complexity index is 1530. The van der Waals surface area contributed by atoms with Gasteiger partial charge in [0.25, 0.3) is 0 Å². The second-order valence-corrected chi connectivity index (χ2v) is 14.9. The van der Waals surface area contributed by atoms with E-state index in [1.54, 1.807) is 0 Å². The van der Waals surface area contributed by atoms with Crippen LogP contribution in [0.1, 0.15) is 66.5 Å². The minimum absolute atomic E-state index is 0.0807. The number of nitrogen functional groups attached to an aromatic ring is 2. The van der Waals surface area contributed by atoms with Gasteiger partial charge in [-0.2, -0.15) is 0 Å². The fourth-order valence-corrected chi connectivity index (χ4v) is 5.55. The van der Waals surface area contributed by atoms with E-state index < -0.39 is 0 Å². The van der Waals surface area contributed by atoms with Crippen molar-refractivity contribution in [2.45, 2.75) is 97.4 Å². The van der Waals surface area contributed by atoms with Crippen LogP contribution in [0.4, 0.5) is 11.4 Å². The average molecular weight is 759 g/mol. The van der Waals surface area contributed by atoms with Crippen molar-refractivity contribution in [3.05, 3.63) is 108 Å². The van der Waals surface area contributed by atoms with Gasteiger partial charge in [0.15, 0.2) is 0 Å². The quantitative estimate of drug-likeness (QED) is 0.0672. The highest BCUT2D eigenvalue weighted by atomic mass is 16.6. The first-order chi connectivity index (χ1) is 26.3. The fourth-order valence-electron chi connectivity index (χ4n) is 5.55. The number of benzene rings is 4. The first-order valence-electron chi connectivity index (χ1n) is 19.2. The van der Waals surface area contributed by atoms with Crippen molar-refractivity contribution < 1.29 is 37.9 Å². The van der Waals surface area contributed by atoms with Gasteiger partial charge in [0.2, 0.25) is 0 Å². The molecule has 0 spiro atoms. The predicted molar refractivity (Wildman–Crippen MR) is 220 cm³/mol. The van der Waals surface area contributed by atoms with Gasteiger partial charge in [0, 0.05) is 16.8 Å². The van der Waals surface area contributed by atoms with E-state index in [9.17, 15) is 0 Å². The maximum atomic E-state index is 6.05. The summed E-state index contributed by atoms with van der Waals surface area (Å²) >= 11 is 0. The summed E-state index contributed by atoms with van der Waals surface area (Å²) in [5, 5.41) is 0. The van der Waals surface area contributed by atoms with E-state index in [1.807, 2.05) is 114 Å². The number of hydrogen-bond donors (Lipinski definition) is 2. The summed E-state index contributed by atoms with van der Waals surface area (Å²) in [7, 11) is 0. The van der Waals surface area contributed by atoms with Crippen LogP contribution in [0, 0.1) is 0 Å². The predicted octanol–water partition coefficient (Wildman–Crippen LogP) is 8.49. The molecule has 10 nitrogen and oxygen atoms in total. The van der Waals surface area contributed by atoms with Crippen molar-refractivity contribution in [1.29, 1.82) is 0 Å². The van der Waals surface area contributed by atoms with Crippen LogP contribution in [-0.2, 0) is 24.4 Å². The van der Waals surface area contributed by atoms with Gasteiger partial charge in [-0.15, -0.1) is 0 Å². The summed E-state index contributed by atoms with van der Waals surface area (Å²) in [6, 6.07) is 31.2. The average Bonchev–Trinajstić information content (AvgIpc) is 3.18. The van der Waals surface area contributed by atoms with Gasteiger partial charge in [-0.3, -0.25) is 0 Å². The summed E-state index contributed by atoms with van der Waals surface area (Å²) in [5.41, 5.74) is 15.0. The number of ether oxygens (including phenoxy) is 8. The van der Waals surface area contributed by atoms with Gasteiger partial charge in [0.1, 0.15) is 48.4 Å². The Kier molecular flexibility index (Phi) is 17.0. The lowest BCUT2D eigenvalue weighted by Gasteiger charge is -2.27. The normalized spacial score (nSPS) is 15.0. The monoisotopic (exact) mass is 758 g/mol. The van der Waals surface area contributed by atoms with Gasteiger partial charge in [-0.25, -0.2) is 0 Å². The second kappa shape index (κ2) is 21.6. The van der Waals surface area contributed by atoms with Gasteiger partial charge in [0.05, 0.1) is 50.8 Å². The topological polar surface area (TPSA) is 126 Å². The van der Waals surface area contributed by atoms with Crippen molar-refractivity contribution in [1.82, 2.24) is 0 Å². The third kappa shape index (κ3) is 15.3. The summed E-state index contributed by atoms with van der Waals surface area (Å²) < 4.78 is 47.7. The van der Waals surface area contributed by atoms with Crippen LogP contribution in [-0.4, -0.2) is 76.3 Å². The smallest absolute Gasteiger partial charge is 0.119 e. The molecule has 0 saturated heterocycles. The van der Waals surface area contributed by atoms with E-state index >= 15 is 0 Å². The zero-order chi connectivity index (χ0) is 39.8. The molecule has 55 heavy (non-hydrogen) atoms. The van der Waals surface area contributed by atoms with Crippen molar-refractivity contribution in [2.24, 2.45) is 0 Å². The molecule has 0 amide bonds. The van der Waals surface area contributed by atoms with Crippen molar-refractivity contribution in [3.63, 3.8) is 0 Å². The van der Waals surface area contributed by atoms with E-state index in [4.69, 9.17) is 49.4 Å². The Balaban J connectivity index is 1.11. The largest absolute Gasteiger partial charge is 0.491 e. The summed E-state index contributed by atoms with van der Waals surface area (Å²) in [6.07, 6.45) is -0.553. The summed E-state index contributed by atoms with van der Waals surface area (Å²) in [5.74, 6) is 3.13. The van der Waals surface area contributed by atoms with Crippen LogP contribution in [0.5, 0.6) is 23.0 Å². The molecule has 0 heterocycles. The number of rotatable bonds is 24. The first kappa shape index (κ1) is 43.3. The molecule has 6 atom stereocenters. The molecule has 0 aliphatic rings. The van der Waals surface area contributed by atoms with Crippen LogP contribution >= 0.6 is 0 Å². The number of anilines is 2. The van der Waals surface area contributed by atoms with E-state index in [1.165, 1.54) is 11.1 Å². The Hall–Kier alpha value is -4.48. The minimum atomic E-state index is -0.217. The molecule has 4 N–H and O–H groups in total. The zero-order valence-electron chi connectivity index (χ0n) is 33.9. The number of nitrogens with two attached hydrogens (primary N) is 2. The van der Waals surface area contributed by atoms with Crippen LogP contribution in [0.2, 0.25) is 0 Å². The zero-order valence-corrected chi connectivity index (χ0v) is 33.9. The fraction of sp³-hybridized carbons (Fsp3) is 0.467. The lowest BCUT2D eigenvalue weighted by atomic mass is 9.78. The molecule has 4 rings (SSSR count). The van der Waals surface area contributed by atoms with Gasteiger partial charge < -0.3 is 49.4 Å². The third-order valence-electron chi connectivity index (χ3n) is 9.02. The van der Waals surface area contributed by atoms with Crippen LogP contribution in [0.15, 0.2) is 97.1 Å². The summed E-state index contributed by atoms with van der Waals surface area (Å²) in [4.78, 5) is 0. The van der Waals surface area contributed by atoms with Crippen molar-refractivity contribution >= 4 is 11.4 Å². The lowest BCUT2D eigenvalue weighted by molar-refractivity contribution is -0.0568. The highest BCUT2D eigenvalue weighted by Gasteiger charge is 2.23. The molecule has 0 aliphatic carbocycles. The van der Waals surface area contributed by atoms with E-state index in [-0.39, 0.29) is 42.0 Å². The second-order valence-electron chi connectivity index (χ2n) is 14.9. The van der Waals surface area contributed by atoms with E-state index in [2.05, 4.69) is 38.1 Å². The van der Waals surface area contributed by atoms with Crippen molar-refractivity contribution in [3.8, 4) is 23.0 Å². The van der Waals surface area contributed by atoms with Gasteiger partial charge in [-0.1, -0.05) is 38.1 Å². The molecular weight excluding hydrogens is 697 g/mol.